The normalized spacial score (nSPS) is 10.3. The Balaban J connectivity index is 2.44. The molecule has 4 nitrogen and oxygen atoms in total. The van der Waals surface area contributed by atoms with Gasteiger partial charge in [0.05, 0.1) is 4.92 Å². The minimum Gasteiger partial charge on any atom is -0.450 e. The molecule has 0 heterocycles. The summed E-state index contributed by atoms with van der Waals surface area (Å²) in [5.41, 5.74) is -0.287. The Labute approximate surface area is 107 Å². The number of hydrogen-bond acceptors (Lipinski definition) is 3. The smallest absolute Gasteiger partial charge is 0.346 e. The number of rotatable bonds is 3. The highest BCUT2D eigenvalue weighted by Gasteiger charge is 2.22. The molecule has 0 aliphatic heterocycles. The van der Waals surface area contributed by atoms with Crippen molar-refractivity contribution in [1.29, 1.82) is 0 Å². The maximum atomic E-state index is 13.4. The lowest BCUT2D eigenvalue weighted by Crippen LogP contribution is -1.97. The van der Waals surface area contributed by atoms with Crippen molar-refractivity contribution in [3.63, 3.8) is 0 Å². The molecular formula is C13H9F2NO3. The van der Waals surface area contributed by atoms with Crippen LogP contribution in [-0.2, 0) is 0 Å². The number of hydrogen-bond donors (Lipinski definition) is 0. The quantitative estimate of drug-likeness (QED) is 0.623. The lowest BCUT2D eigenvalue weighted by Gasteiger charge is -2.09. The lowest BCUT2D eigenvalue weighted by atomic mass is 10.2. The molecule has 0 aliphatic carbocycles. The molecule has 19 heavy (non-hydrogen) atoms. The lowest BCUT2D eigenvalue weighted by molar-refractivity contribution is -0.388. The third-order valence-corrected chi connectivity index (χ3v) is 2.49. The molecule has 98 valence electrons. The highest BCUT2D eigenvalue weighted by atomic mass is 19.1. The van der Waals surface area contributed by atoms with Gasteiger partial charge < -0.3 is 4.74 Å². The average molecular weight is 265 g/mol. The van der Waals surface area contributed by atoms with Gasteiger partial charge in [-0.25, -0.2) is 4.39 Å². The van der Waals surface area contributed by atoms with Crippen LogP contribution in [0.15, 0.2) is 36.4 Å². The van der Waals surface area contributed by atoms with Crippen LogP contribution in [-0.4, -0.2) is 4.92 Å². The molecule has 2 rings (SSSR count). The average Bonchev–Trinajstić information content (AvgIpc) is 2.32. The Morgan fingerprint density at radius 1 is 1.16 bits per heavy atom. The van der Waals surface area contributed by atoms with Crippen molar-refractivity contribution in [2.45, 2.75) is 6.92 Å². The summed E-state index contributed by atoms with van der Waals surface area (Å²) in [6.45, 7) is 1.59. The number of nitro groups is 1. The molecule has 6 heteroatoms. The fourth-order valence-corrected chi connectivity index (χ4v) is 1.60. The van der Waals surface area contributed by atoms with E-state index in [4.69, 9.17) is 4.74 Å². The van der Waals surface area contributed by atoms with Crippen LogP contribution in [0.2, 0.25) is 0 Å². The van der Waals surface area contributed by atoms with Gasteiger partial charge in [-0.2, -0.15) is 4.39 Å². The van der Waals surface area contributed by atoms with Crippen LogP contribution in [0.1, 0.15) is 5.56 Å². The molecule has 0 fully saturated rings. The van der Waals surface area contributed by atoms with Gasteiger partial charge in [0.2, 0.25) is 11.6 Å². The van der Waals surface area contributed by atoms with E-state index >= 15 is 0 Å². The number of halogens is 2. The zero-order chi connectivity index (χ0) is 14.0. The van der Waals surface area contributed by atoms with Gasteiger partial charge in [-0.3, -0.25) is 10.1 Å². The molecule has 2 aromatic rings. The number of aryl methyl sites for hydroxylation is 1. The first-order valence-electron chi connectivity index (χ1n) is 5.36. The van der Waals surface area contributed by atoms with Crippen LogP contribution in [0.25, 0.3) is 0 Å². The van der Waals surface area contributed by atoms with Crippen molar-refractivity contribution in [3.05, 3.63) is 63.7 Å². The summed E-state index contributed by atoms with van der Waals surface area (Å²) in [6, 6.07) is 7.27. The SMILES string of the molecule is Cc1cc(F)ccc1Oc1cccc(F)c1[N+](=O)[O-]. The molecule has 0 N–H and O–H groups in total. The van der Waals surface area contributed by atoms with Crippen molar-refractivity contribution in [2.24, 2.45) is 0 Å². The van der Waals surface area contributed by atoms with Gasteiger partial charge in [-0.1, -0.05) is 6.07 Å². The Bertz CT molecular complexity index is 644. The van der Waals surface area contributed by atoms with Crippen molar-refractivity contribution in [3.8, 4) is 11.5 Å². The van der Waals surface area contributed by atoms with Crippen LogP contribution in [0.5, 0.6) is 11.5 Å². The van der Waals surface area contributed by atoms with E-state index in [1.54, 1.807) is 6.92 Å². The second-order valence-electron chi connectivity index (χ2n) is 3.86. The molecule has 0 aliphatic rings. The van der Waals surface area contributed by atoms with Gasteiger partial charge in [0.25, 0.3) is 0 Å². The van der Waals surface area contributed by atoms with Crippen molar-refractivity contribution in [2.75, 3.05) is 0 Å². The predicted octanol–water partition coefficient (Wildman–Crippen LogP) is 3.97. The minimum absolute atomic E-state index is 0.222. The Hall–Kier alpha value is -2.50. The molecule has 0 atom stereocenters. The summed E-state index contributed by atoms with van der Waals surface area (Å²) in [4.78, 5) is 9.94. The van der Waals surface area contributed by atoms with E-state index < -0.39 is 22.2 Å². The molecule has 0 saturated carbocycles. The fourth-order valence-electron chi connectivity index (χ4n) is 1.60. The summed E-state index contributed by atoms with van der Waals surface area (Å²) in [7, 11) is 0. The third-order valence-electron chi connectivity index (χ3n) is 2.49. The first kappa shape index (κ1) is 12.9. The Morgan fingerprint density at radius 2 is 1.89 bits per heavy atom. The van der Waals surface area contributed by atoms with E-state index in [0.717, 1.165) is 12.1 Å². The van der Waals surface area contributed by atoms with Gasteiger partial charge in [0, 0.05) is 0 Å². The topological polar surface area (TPSA) is 52.4 Å². The number of ether oxygens (including phenoxy) is 1. The predicted molar refractivity (Wildman–Crippen MR) is 64.3 cm³/mol. The summed E-state index contributed by atoms with van der Waals surface area (Å²) >= 11 is 0. The number of benzene rings is 2. The van der Waals surface area contributed by atoms with Gasteiger partial charge in [0.15, 0.2) is 0 Å². The van der Waals surface area contributed by atoms with Gasteiger partial charge >= 0.3 is 5.69 Å². The molecule has 0 spiro atoms. The number of nitrogens with zero attached hydrogens (tertiary/aromatic N) is 1. The monoisotopic (exact) mass is 265 g/mol. The van der Waals surface area contributed by atoms with Crippen LogP contribution in [0.3, 0.4) is 0 Å². The van der Waals surface area contributed by atoms with Gasteiger partial charge in [-0.15, -0.1) is 0 Å². The minimum atomic E-state index is -0.984. The van der Waals surface area contributed by atoms with Crippen LogP contribution in [0.4, 0.5) is 14.5 Å². The molecule has 0 unspecified atom stereocenters. The van der Waals surface area contributed by atoms with Gasteiger partial charge in [-0.05, 0) is 42.8 Å². The second kappa shape index (κ2) is 5.01. The fraction of sp³-hybridized carbons (Fsp3) is 0.0769. The van der Waals surface area contributed by atoms with E-state index in [9.17, 15) is 18.9 Å². The summed E-state index contributed by atoms with van der Waals surface area (Å²) in [6.07, 6.45) is 0. The standard InChI is InChI=1S/C13H9F2NO3/c1-8-7-9(14)5-6-11(8)19-12-4-2-3-10(15)13(12)16(17)18/h2-7H,1H3. The van der Waals surface area contributed by atoms with E-state index in [1.165, 1.54) is 24.3 Å². The van der Waals surface area contributed by atoms with Crippen LogP contribution in [0, 0.1) is 28.7 Å². The Kier molecular flexibility index (Phi) is 3.41. The highest BCUT2D eigenvalue weighted by Crippen LogP contribution is 2.34. The van der Waals surface area contributed by atoms with Crippen LogP contribution >= 0.6 is 0 Å². The Morgan fingerprint density at radius 3 is 2.53 bits per heavy atom. The number of para-hydroxylation sites is 1. The summed E-state index contributed by atoms with van der Waals surface area (Å²) in [5, 5.41) is 10.8. The third kappa shape index (κ3) is 2.67. The molecule has 0 bridgehead atoms. The second-order valence-corrected chi connectivity index (χ2v) is 3.86. The molecule has 0 radical (unpaired) electrons. The molecule has 0 amide bonds. The number of nitro benzene ring substituents is 1. The first-order chi connectivity index (χ1) is 8.99. The zero-order valence-corrected chi connectivity index (χ0v) is 9.89. The van der Waals surface area contributed by atoms with E-state index in [2.05, 4.69) is 0 Å². The molecule has 2 aromatic carbocycles. The van der Waals surface area contributed by atoms with Crippen molar-refractivity contribution >= 4 is 5.69 Å². The zero-order valence-electron chi connectivity index (χ0n) is 9.89. The molecule has 0 saturated heterocycles. The van der Waals surface area contributed by atoms with E-state index in [0.29, 0.717) is 5.56 Å². The summed E-state index contributed by atoms with van der Waals surface area (Å²) in [5.74, 6) is -1.42. The maximum Gasteiger partial charge on any atom is 0.346 e. The molecule has 0 aromatic heterocycles. The van der Waals surface area contributed by atoms with E-state index in [-0.39, 0.29) is 11.5 Å². The van der Waals surface area contributed by atoms with E-state index in [1.807, 2.05) is 0 Å². The first-order valence-corrected chi connectivity index (χ1v) is 5.36. The van der Waals surface area contributed by atoms with Crippen molar-refractivity contribution < 1.29 is 18.4 Å². The van der Waals surface area contributed by atoms with Crippen LogP contribution < -0.4 is 4.74 Å². The summed E-state index contributed by atoms with van der Waals surface area (Å²) < 4.78 is 31.6. The maximum absolute atomic E-state index is 13.4. The largest absolute Gasteiger partial charge is 0.450 e. The van der Waals surface area contributed by atoms with Crippen molar-refractivity contribution in [1.82, 2.24) is 0 Å². The highest BCUT2D eigenvalue weighted by molar-refractivity contribution is 5.50. The molecular weight excluding hydrogens is 256 g/mol. The van der Waals surface area contributed by atoms with Gasteiger partial charge in [0.1, 0.15) is 11.6 Å².